The molecule has 0 amide bonds. The first kappa shape index (κ1) is 17.2. The van der Waals surface area contributed by atoms with Gasteiger partial charge in [-0.1, -0.05) is 36.4 Å². The number of allylic oxidation sites excluding steroid dienone is 2. The summed E-state index contributed by atoms with van der Waals surface area (Å²) in [4.78, 5) is 11.7. The van der Waals surface area contributed by atoms with Crippen LogP contribution >= 0.6 is 0 Å². The van der Waals surface area contributed by atoms with E-state index in [1.165, 1.54) is 0 Å². The van der Waals surface area contributed by atoms with Crippen LogP contribution in [0.15, 0.2) is 54.8 Å². The smallest absolute Gasteiger partial charge is 0.308 e. The van der Waals surface area contributed by atoms with Crippen molar-refractivity contribution in [3.8, 4) is 0 Å². The minimum absolute atomic E-state index is 0.125. The van der Waals surface area contributed by atoms with Crippen LogP contribution in [0.2, 0.25) is 0 Å². The molecule has 1 aromatic rings. The summed E-state index contributed by atoms with van der Waals surface area (Å²) in [6.45, 7) is 2.87. The zero-order valence-corrected chi connectivity index (χ0v) is 13.2. The Morgan fingerprint density at radius 1 is 1.26 bits per heavy atom. The maximum Gasteiger partial charge on any atom is 0.308 e. The minimum Gasteiger partial charge on any atom is -0.469 e. The predicted molar refractivity (Wildman–Crippen MR) is 85.4 cm³/mol. The maximum atomic E-state index is 11.7. The molecule has 0 radical (unpaired) electrons. The monoisotopic (exact) mass is 318 g/mol. The first-order valence-electron chi connectivity index (χ1n) is 7.69. The second kappa shape index (κ2) is 9.82. The molecular weight excluding hydrogens is 296 g/mol. The van der Waals surface area contributed by atoms with E-state index < -0.39 is 12.4 Å². The zero-order valence-electron chi connectivity index (χ0n) is 13.2. The highest BCUT2D eigenvalue weighted by Crippen LogP contribution is 2.12. The Morgan fingerprint density at radius 3 is 2.78 bits per heavy atom. The van der Waals surface area contributed by atoms with E-state index in [1.54, 1.807) is 25.3 Å². The van der Waals surface area contributed by atoms with Crippen LogP contribution in [0.3, 0.4) is 0 Å². The van der Waals surface area contributed by atoms with Gasteiger partial charge in [-0.05, 0) is 24.6 Å². The number of hydrogen-bond donors (Lipinski definition) is 0. The summed E-state index contributed by atoms with van der Waals surface area (Å²) in [5, 5.41) is 0. The fourth-order valence-electron chi connectivity index (χ4n) is 2.07. The lowest BCUT2D eigenvalue weighted by Gasteiger charge is -2.23. The highest BCUT2D eigenvalue weighted by Gasteiger charge is 2.20. The third kappa shape index (κ3) is 6.67. The van der Waals surface area contributed by atoms with E-state index in [-0.39, 0.29) is 19.0 Å². The standard InChI is InChI=1S/C18H22O5/c1-2-21-17(19)12-16(23-18-10-6-7-11-22-18)14-20-13-15-8-4-3-5-9-15/h3-11,16,18H,2,12-14H2,1H3/t16?,18-/m0/s1. The van der Waals surface area contributed by atoms with Gasteiger partial charge in [0.25, 0.3) is 0 Å². The summed E-state index contributed by atoms with van der Waals surface area (Å²) < 4.78 is 21.7. The molecule has 5 nitrogen and oxygen atoms in total. The second-order valence-corrected chi connectivity index (χ2v) is 4.99. The zero-order chi connectivity index (χ0) is 16.3. The van der Waals surface area contributed by atoms with Crippen LogP contribution in [0.1, 0.15) is 18.9 Å². The van der Waals surface area contributed by atoms with E-state index in [0.717, 1.165) is 5.56 Å². The van der Waals surface area contributed by atoms with Gasteiger partial charge in [-0.2, -0.15) is 0 Å². The Kier molecular flexibility index (Phi) is 7.36. The van der Waals surface area contributed by atoms with Crippen molar-refractivity contribution < 1.29 is 23.7 Å². The van der Waals surface area contributed by atoms with Crippen molar-refractivity contribution in [3.63, 3.8) is 0 Å². The van der Waals surface area contributed by atoms with Crippen LogP contribution in [0.4, 0.5) is 0 Å². The summed E-state index contributed by atoms with van der Waals surface area (Å²) in [6, 6.07) is 9.84. The molecule has 1 heterocycles. The molecule has 0 aromatic heterocycles. The molecule has 0 saturated heterocycles. The van der Waals surface area contributed by atoms with Crippen LogP contribution < -0.4 is 0 Å². The van der Waals surface area contributed by atoms with Gasteiger partial charge in [0.05, 0.1) is 38.6 Å². The van der Waals surface area contributed by atoms with E-state index in [0.29, 0.717) is 13.2 Å². The lowest BCUT2D eigenvalue weighted by molar-refractivity contribution is -0.160. The number of hydrogen-bond acceptors (Lipinski definition) is 5. The minimum atomic E-state index is -0.514. The second-order valence-electron chi connectivity index (χ2n) is 4.99. The van der Waals surface area contributed by atoms with Gasteiger partial charge in [-0.3, -0.25) is 4.79 Å². The quantitative estimate of drug-likeness (QED) is 0.655. The molecule has 5 heteroatoms. The number of esters is 1. The molecule has 23 heavy (non-hydrogen) atoms. The third-order valence-electron chi connectivity index (χ3n) is 3.11. The summed E-state index contributed by atoms with van der Waals surface area (Å²) >= 11 is 0. The van der Waals surface area contributed by atoms with Crippen molar-refractivity contribution in [1.82, 2.24) is 0 Å². The molecule has 2 rings (SSSR count). The van der Waals surface area contributed by atoms with Crippen LogP contribution in [0.25, 0.3) is 0 Å². The number of benzene rings is 1. The van der Waals surface area contributed by atoms with Gasteiger partial charge in [0, 0.05) is 0 Å². The number of carbonyl (C=O) groups excluding carboxylic acids is 1. The Balaban J connectivity index is 1.83. The molecular formula is C18H22O5. The highest BCUT2D eigenvalue weighted by atomic mass is 16.7. The predicted octanol–water partition coefficient (Wildman–Crippen LogP) is 2.97. The van der Waals surface area contributed by atoms with Gasteiger partial charge in [0.15, 0.2) is 0 Å². The van der Waals surface area contributed by atoms with Crippen LogP contribution in [-0.4, -0.2) is 31.6 Å². The fraction of sp³-hybridized carbons (Fsp3) is 0.389. The molecule has 1 unspecified atom stereocenters. The van der Waals surface area contributed by atoms with Crippen molar-refractivity contribution in [2.75, 3.05) is 13.2 Å². The van der Waals surface area contributed by atoms with Crippen molar-refractivity contribution in [2.45, 2.75) is 32.3 Å². The molecule has 124 valence electrons. The topological polar surface area (TPSA) is 54.0 Å². The largest absolute Gasteiger partial charge is 0.469 e. The molecule has 0 fully saturated rings. The Morgan fingerprint density at radius 2 is 2.09 bits per heavy atom. The summed E-state index contributed by atoms with van der Waals surface area (Å²) in [5.41, 5.74) is 1.07. The number of rotatable bonds is 9. The van der Waals surface area contributed by atoms with E-state index in [1.807, 2.05) is 36.4 Å². The van der Waals surface area contributed by atoms with Gasteiger partial charge in [-0.25, -0.2) is 0 Å². The van der Waals surface area contributed by atoms with Crippen molar-refractivity contribution in [2.24, 2.45) is 0 Å². The van der Waals surface area contributed by atoms with Crippen LogP contribution in [0.5, 0.6) is 0 Å². The molecule has 0 aliphatic carbocycles. The molecule has 0 spiro atoms. The number of ether oxygens (including phenoxy) is 4. The average molecular weight is 318 g/mol. The average Bonchev–Trinajstić information content (AvgIpc) is 2.57. The summed E-state index contributed by atoms with van der Waals surface area (Å²) in [6.07, 6.45) is 6.11. The molecule has 2 atom stereocenters. The molecule has 1 aliphatic rings. The SMILES string of the molecule is CCOC(=O)CC(COCc1ccccc1)O[C@H]1C=CC=CO1. The molecule has 0 saturated carbocycles. The van der Waals surface area contributed by atoms with E-state index >= 15 is 0 Å². The van der Waals surface area contributed by atoms with E-state index in [9.17, 15) is 4.79 Å². The Hall–Kier alpha value is -2.11. The lowest BCUT2D eigenvalue weighted by atomic mass is 10.2. The van der Waals surface area contributed by atoms with Gasteiger partial charge in [0.1, 0.15) is 0 Å². The van der Waals surface area contributed by atoms with Gasteiger partial charge >= 0.3 is 5.97 Å². The summed E-state index contributed by atoms with van der Waals surface area (Å²) in [5.74, 6) is -0.309. The van der Waals surface area contributed by atoms with E-state index in [4.69, 9.17) is 18.9 Å². The number of carbonyl (C=O) groups is 1. The molecule has 0 bridgehead atoms. The van der Waals surface area contributed by atoms with Gasteiger partial charge < -0.3 is 18.9 Å². The Bertz CT molecular complexity index is 523. The van der Waals surface area contributed by atoms with Gasteiger partial charge in [-0.15, -0.1) is 0 Å². The van der Waals surface area contributed by atoms with E-state index in [2.05, 4.69) is 0 Å². The van der Waals surface area contributed by atoms with Crippen LogP contribution in [0, 0.1) is 0 Å². The Labute approximate surface area is 136 Å². The lowest BCUT2D eigenvalue weighted by Crippen LogP contribution is -2.29. The van der Waals surface area contributed by atoms with Crippen molar-refractivity contribution >= 4 is 5.97 Å². The first-order chi connectivity index (χ1) is 11.3. The first-order valence-corrected chi connectivity index (χ1v) is 7.69. The normalized spacial score (nSPS) is 17.5. The molecule has 1 aromatic carbocycles. The maximum absolute atomic E-state index is 11.7. The fourth-order valence-corrected chi connectivity index (χ4v) is 2.07. The third-order valence-corrected chi connectivity index (χ3v) is 3.11. The highest BCUT2D eigenvalue weighted by molar-refractivity contribution is 5.69. The van der Waals surface area contributed by atoms with Crippen molar-refractivity contribution in [3.05, 3.63) is 60.4 Å². The van der Waals surface area contributed by atoms with Gasteiger partial charge in [0.2, 0.25) is 6.29 Å². The summed E-state index contributed by atoms with van der Waals surface area (Å²) in [7, 11) is 0. The molecule has 0 N–H and O–H groups in total. The molecule has 1 aliphatic heterocycles. The van der Waals surface area contributed by atoms with Crippen LogP contribution in [-0.2, 0) is 30.3 Å². The van der Waals surface area contributed by atoms with Crippen molar-refractivity contribution in [1.29, 1.82) is 0 Å².